The number of alkyl halides is 3. The summed E-state index contributed by atoms with van der Waals surface area (Å²) >= 11 is 0. The van der Waals surface area contributed by atoms with E-state index >= 15 is 0 Å². The van der Waals surface area contributed by atoms with Gasteiger partial charge in [0.2, 0.25) is 5.91 Å². The molecule has 1 aromatic carbocycles. The maximum absolute atomic E-state index is 12.7. The third kappa shape index (κ3) is 4.27. The molecule has 1 aliphatic rings. The van der Waals surface area contributed by atoms with Gasteiger partial charge in [0.05, 0.1) is 17.1 Å². The molecule has 134 valence electrons. The predicted octanol–water partition coefficient (Wildman–Crippen LogP) is 3.06. The minimum atomic E-state index is -4.46. The van der Waals surface area contributed by atoms with Crippen LogP contribution >= 0.6 is 0 Å². The third-order valence-corrected chi connectivity index (χ3v) is 4.63. The molecule has 0 bridgehead atoms. The molecule has 0 saturated heterocycles. The van der Waals surface area contributed by atoms with E-state index in [1.165, 1.54) is 12.1 Å². The van der Waals surface area contributed by atoms with Gasteiger partial charge in [0.1, 0.15) is 0 Å². The van der Waals surface area contributed by atoms with Crippen LogP contribution in [-0.4, -0.2) is 31.3 Å². The molecule has 1 saturated carbocycles. The molecule has 24 heavy (non-hydrogen) atoms. The van der Waals surface area contributed by atoms with Gasteiger partial charge in [-0.05, 0) is 37.0 Å². The number of hydrogen-bond donors (Lipinski definition) is 2. The van der Waals surface area contributed by atoms with Crippen LogP contribution in [0.2, 0.25) is 0 Å². The van der Waals surface area contributed by atoms with Gasteiger partial charge in [-0.3, -0.25) is 4.79 Å². The number of benzene rings is 1. The molecule has 2 N–H and O–H groups in total. The standard InChI is InChI=1S/C17H22F3NO3/c1-24-9-8-16(6-3-7-16)15(23)21-11-14(22)12-4-2-5-13(10-12)17(18,19)20/h2,4-5,10,14,22H,3,6-9,11H2,1H3,(H,21,23). The predicted molar refractivity (Wildman–Crippen MR) is 82.2 cm³/mol. The Balaban J connectivity index is 1.95. The Morgan fingerprint density at radius 1 is 1.42 bits per heavy atom. The van der Waals surface area contributed by atoms with Crippen molar-refractivity contribution in [3.8, 4) is 0 Å². The van der Waals surface area contributed by atoms with E-state index in [1.54, 1.807) is 7.11 Å². The molecule has 0 aliphatic heterocycles. The normalized spacial score (nSPS) is 17.9. The number of methoxy groups -OCH3 is 1. The van der Waals surface area contributed by atoms with Crippen LogP contribution in [0.1, 0.15) is 42.9 Å². The molecule has 0 spiro atoms. The second-order valence-corrected chi connectivity index (χ2v) is 6.23. The summed E-state index contributed by atoms with van der Waals surface area (Å²) in [5.74, 6) is -0.170. The maximum atomic E-state index is 12.7. The smallest absolute Gasteiger partial charge is 0.387 e. The molecule has 4 nitrogen and oxygen atoms in total. The van der Waals surface area contributed by atoms with Crippen molar-refractivity contribution in [2.24, 2.45) is 5.41 Å². The van der Waals surface area contributed by atoms with Gasteiger partial charge in [0.15, 0.2) is 0 Å². The summed E-state index contributed by atoms with van der Waals surface area (Å²) in [5, 5.41) is 12.8. The monoisotopic (exact) mass is 345 g/mol. The minimum absolute atomic E-state index is 0.116. The lowest BCUT2D eigenvalue weighted by Gasteiger charge is -2.40. The Morgan fingerprint density at radius 2 is 2.12 bits per heavy atom. The highest BCUT2D eigenvalue weighted by Gasteiger charge is 2.43. The van der Waals surface area contributed by atoms with Gasteiger partial charge in [-0.2, -0.15) is 13.2 Å². The van der Waals surface area contributed by atoms with E-state index in [9.17, 15) is 23.1 Å². The van der Waals surface area contributed by atoms with Crippen molar-refractivity contribution in [3.05, 3.63) is 35.4 Å². The van der Waals surface area contributed by atoms with E-state index in [0.29, 0.717) is 13.0 Å². The Bertz CT molecular complexity index is 570. The van der Waals surface area contributed by atoms with Crippen molar-refractivity contribution in [2.45, 2.75) is 38.0 Å². The first-order valence-electron chi connectivity index (χ1n) is 7.91. The Morgan fingerprint density at radius 3 is 2.67 bits per heavy atom. The average Bonchev–Trinajstić information content (AvgIpc) is 2.51. The first-order chi connectivity index (χ1) is 11.3. The van der Waals surface area contributed by atoms with Crippen LogP contribution in [0.4, 0.5) is 13.2 Å². The Labute approximate surface area is 139 Å². The van der Waals surface area contributed by atoms with E-state index < -0.39 is 23.3 Å². The van der Waals surface area contributed by atoms with E-state index in [4.69, 9.17) is 4.74 Å². The molecule has 1 aliphatic carbocycles. The number of amides is 1. The molecule has 7 heteroatoms. The summed E-state index contributed by atoms with van der Waals surface area (Å²) in [4.78, 5) is 12.4. The summed E-state index contributed by atoms with van der Waals surface area (Å²) in [5.41, 5.74) is -1.16. The lowest BCUT2D eigenvalue weighted by molar-refractivity contribution is -0.138. The number of rotatable bonds is 7. The second kappa shape index (κ2) is 7.53. The second-order valence-electron chi connectivity index (χ2n) is 6.23. The van der Waals surface area contributed by atoms with Gasteiger partial charge in [0, 0.05) is 20.3 Å². The van der Waals surface area contributed by atoms with Crippen molar-refractivity contribution in [1.29, 1.82) is 0 Å². The lowest BCUT2D eigenvalue weighted by atomic mass is 9.66. The quantitative estimate of drug-likeness (QED) is 0.798. The maximum Gasteiger partial charge on any atom is 0.416 e. The van der Waals surface area contributed by atoms with Crippen LogP contribution in [0.15, 0.2) is 24.3 Å². The summed E-state index contributed by atoms with van der Waals surface area (Å²) in [6, 6.07) is 4.51. The number of carbonyl (C=O) groups excluding carboxylic acids is 1. The number of hydrogen-bond acceptors (Lipinski definition) is 3. The molecular weight excluding hydrogens is 323 g/mol. The Kier molecular flexibility index (Phi) is 5.87. The number of halogens is 3. The molecule has 2 rings (SSSR count). The molecule has 0 aromatic heterocycles. The summed E-state index contributed by atoms with van der Waals surface area (Å²) in [6.45, 7) is 0.360. The highest BCUT2D eigenvalue weighted by atomic mass is 19.4. The van der Waals surface area contributed by atoms with Crippen molar-refractivity contribution in [1.82, 2.24) is 5.32 Å². The molecule has 0 radical (unpaired) electrons. The summed E-state index contributed by atoms with van der Waals surface area (Å²) < 4.78 is 43.2. The molecule has 1 unspecified atom stereocenters. The van der Waals surface area contributed by atoms with Gasteiger partial charge in [-0.15, -0.1) is 0 Å². The first kappa shape index (κ1) is 18.7. The Hall–Kier alpha value is -1.60. The van der Waals surface area contributed by atoms with E-state index in [-0.39, 0.29) is 18.0 Å². The third-order valence-electron chi connectivity index (χ3n) is 4.63. The van der Waals surface area contributed by atoms with Crippen LogP contribution < -0.4 is 5.32 Å². The fourth-order valence-corrected chi connectivity index (χ4v) is 2.91. The van der Waals surface area contributed by atoms with Crippen LogP contribution in [0.3, 0.4) is 0 Å². The van der Waals surface area contributed by atoms with Gasteiger partial charge in [0.25, 0.3) is 0 Å². The van der Waals surface area contributed by atoms with Crippen molar-refractivity contribution < 1.29 is 27.8 Å². The molecule has 1 atom stereocenters. The topological polar surface area (TPSA) is 58.6 Å². The van der Waals surface area contributed by atoms with Crippen LogP contribution in [0.5, 0.6) is 0 Å². The fraction of sp³-hybridized carbons (Fsp3) is 0.588. The van der Waals surface area contributed by atoms with Crippen molar-refractivity contribution in [2.75, 3.05) is 20.3 Å². The molecule has 0 heterocycles. The molecule has 1 fully saturated rings. The molecule has 1 aromatic rings. The zero-order valence-electron chi connectivity index (χ0n) is 13.5. The minimum Gasteiger partial charge on any atom is -0.387 e. The zero-order chi connectivity index (χ0) is 17.8. The molecular formula is C17H22F3NO3. The number of aliphatic hydroxyl groups excluding tert-OH is 1. The first-order valence-corrected chi connectivity index (χ1v) is 7.91. The van der Waals surface area contributed by atoms with Crippen LogP contribution in [-0.2, 0) is 15.7 Å². The number of carbonyl (C=O) groups is 1. The number of ether oxygens (including phenoxy) is 1. The van der Waals surface area contributed by atoms with Crippen molar-refractivity contribution in [3.63, 3.8) is 0 Å². The summed E-state index contributed by atoms with van der Waals surface area (Å²) in [6.07, 6.45) is -2.54. The highest BCUT2D eigenvalue weighted by Crippen LogP contribution is 2.44. The largest absolute Gasteiger partial charge is 0.416 e. The van der Waals surface area contributed by atoms with E-state index in [2.05, 4.69) is 5.32 Å². The van der Waals surface area contributed by atoms with Gasteiger partial charge >= 0.3 is 6.18 Å². The number of nitrogens with one attached hydrogen (secondary N) is 1. The number of aliphatic hydroxyl groups is 1. The van der Waals surface area contributed by atoms with E-state index in [1.807, 2.05) is 0 Å². The highest BCUT2D eigenvalue weighted by molar-refractivity contribution is 5.83. The van der Waals surface area contributed by atoms with Crippen LogP contribution in [0.25, 0.3) is 0 Å². The lowest BCUT2D eigenvalue weighted by Crippen LogP contribution is -2.47. The summed E-state index contributed by atoms with van der Waals surface area (Å²) in [7, 11) is 1.57. The van der Waals surface area contributed by atoms with E-state index in [0.717, 1.165) is 31.4 Å². The fourth-order valence-electron chi connectivity index (χ4n) is 2.91. The van der Waals surface area contributed by atoms with Gasteiger partial charge in [-0.25, -0.2) is 0 Å². The van der Waals surface area contributed by atoms with Crippen LogP contribution in [0, 0.1) is 5.41 Å². The average molecular weight is 345 g/mol. The van der Waals surface area contributed by atoms with Gasteiger partial charge < -0.3 is 15.2 Å². The SMILES string of the molecule is COCCC1(C(=O)NCC(O)c2cccc(C(F)(F)F)c2)CCC1. The zero-order valence-corrected chi connectivity index (χ0v) is 13.5. The molecule has 1 amide bonds. The van der Waals surface area contributed by atoms with Gasteiger partial charge in [-0.1, -0.05) is 18.6 Å². The van der Waals surface area contributed by atoms with Crippen molar-refractivity contribution >= 4 is 5.91 Å².